The van der Waals surface area contributed by atoms with Gasteiger partial charge >= 0.3 is 0 Å². The molecule has 0 radical (unpaired) electrons. The van der Waals surface area contributed by atoms with Gasteiger partial charge in [-0.05, 0) is 43.9 Å². The fourth-order valence-electron chi connectivity index (χ4n) is 3.82. The molecule has 2 N–H and O–H groups in total. The normalized spacial score (nSPS) is 22.5. The Labute approximate surface area is 159 Å². The van der Waals surface area contributed by atoms with Crippen LogP contribution in [0, 0.1) is 0 Å². The van der Waals surface area contributed by atoms with E-state index in [1.54, 1.807) is 4.68 Å². The number of carbonyl (C=O) groups is 1. The molecule has 27 heavy (non-hydrogen) atoms. The minimum atomic E-state index is -0.0343. The first-order valence-electron chi connectivity index (χ1n) is 9.51. The number of rotatable bonds is 6. The van der Waals surface area contributed by atoms with E-state index in [4.69, 9.17) is 9.47 Å². The standard InChI is InChI=1S/C20H26N4O3/c1-13(3-4-14-5-7-17-18(9-14)27-12-26-17)22-16-6-8-19(25)23-20(16)15-10-21-24(2)11-15/h5,7,9-11,13,16,20,22H,3-4,6,8,12H2,1-2H3,(H,23,25)/t13-,16+,20-/m0/s1. The van der Waals surface area contributed by atoms with Crippen molar-refractivity contribution in [1.82, 2.24) is 20.4 Å². The quantitative estimate of drug-likeness (QED) is 0.814. The Hall–Kier alpha value is -2.54. The van der Waals surface area contributed by atoms with Crippen LogP contribution in [0.5, 0.6) is 11.5 Å². The summed E-state index contributed by atoms with van der Waals surface area (Å²) in [6.45, 7) is 2.50. The second-order valence-corrected chi connectivity index (χ2v) is 7.43. The van der Waals surface area contributed by atoms with Crippen molar-refractivity contribution in [2.75, 3.05) is 6.79 Å². The van der Waals surface area contributed by atoms with Crippen molar-refractivity contribution in [1.29, 1.82) is 0 Å². The molecular formula is C20H26N4O3. The van der Waals surface area contributed by atoms with E-state index in [0.717, 1.165) is 36.3 Å². The molecule has 3 atom stereocenters. The summed E-state index contributed by atoms with van der Waals surface area (Å²) >= 11 is 0. The number of aryl methyl sites for hydroxylation is 2. The molecule has 1 fully saturated rings. The lowest BCUT2D eigenvalue weighted by atomic mass is 9.92. The highest BCUT2D eigenvalue weighted by molar-refractivity contribution is 5.77. The average Bonchev–Trinajstić information content (AvgIpc) is 3.29. The molecule has 0 unspecified atom stereocenters. The van der Waals surface area contributed by atoms with Crippen LogP contribution >= 0.6 is 0 Å². The smallest absolute Gasteiger partial charge is 0.231 e. The molecule has 1 saturated heterocycles. The maximum atomic E-state index is 11.9. The molecule has 1 aromatic carbocycles. The molecule has 0 saturated carbocycles. The van der Waals surface area contributed by atoms with Gasteiger partial charge in [-0.25, -0.2) is 0 Å². The number of hydrogen-bond acceptors (Lipinski definition) is 5. The molecule has 0 aliphatic carbocycles. The predicted octanol–water partition coefficient (Wildman–Crippen LogP) is 2.08. The molecular weight excluding hydrogens is 344 g/mol. The molecule has 7 heteroatoms. The summed E-state index contributed by atoms with van der Waals surface area (Å²) in [5, 5.41) is 11.1. The molecule has 3 heterocycles. The number of amides is 1. The largest absolute Gasteiger partial charge is 0.454 e. The van der Waals surface area contributed by atoms with Gasteiger partial charge in [0.2, 0.25) is 12.7 Å². The van der Waals surface area contributed by atoms with Gasteiger partial charge in [-0.2, -0.15) is 5.10 Å². The van der Waals surface area contributed by atoms with Crippen molar-refractivity contribution in [2.45, 2.75) is 50.7 Å². The molecule has 4 rings (SSSR count). The van der Waals surface area contributed by atoms with Gasteiger partial charge in [0.15, 0.2) is 11.5 Å². The van der Waals surface area contributed by atoms with Gasteiger partial charge in [0, 0.05) is 37.3 Å². The molecule has 0 spiro atoms. The van der Waals surface area contributed by atoms with E-state index in [9.17, 15) is 4.79 Å². The van der Waals surface area contributed by atoms with E-state index in [0.29, 0.717) is 19.3 Å². The van der Waals surface area contributed by atoms with E-state index in [1.807, 2.05) is 25.5 Å². The number of aromatic nitrogens is 2. The second kappa shape index (κ2) is 7.60. The van der Waals surface area contributed by atoms with Crippen molar-refractivity contribution in [3.8, 4) is 11.5 Å². The number of nitrogens with zero attached hydrogens (tertiary/aromatic N) is 2. The molecule has 144 valence electrons. The van der Waals surface area contributed by atoms with Crippen molar-refractivity contribution in [3.63, 3.8) is 0 Å². The highest BCUT2D eigenvalue weighted by Gasteiger charge is 2.31. The van der Waals surface area contributed by atoms with Crippen LogP contribution in [0.3, 0.4) is 0 Å². The number of benzene rings is 1. The molecule has 1 amide bonds. The Balaban J connectivity index is 1.36. The summed E-state index contributed by atoms with van der Waals surface area (Å²) in [5.41, 5.74) is 2.29. The Kier molecular flexibility index (Phi) is 5.03. The van der Waals surface area contributed by atoms with E-state index in [1.165, 1.54) is 5.56 Å². The Morgan fingerprint density at radius 2 is 2.22 bits per heavy atom. The van der Waals surface area contributed by atoms with Gasteiger partial charge in [0.25, 0.3) is 0 Å². The Bertz CT molecular complexity index is 819. The van der Waals surface area contributed by atoms with Crippen LogP contribution in [0.2, 0.25) is 0 Å². The third-order valence-corrected chi connectivity index (χ3v) is 5.29. The fraction of sp³-hybridized carbons (Fsp3) is 0.500. The van der Waals surface area contributed by atoms with Crippen LogP contribution in [0.15, 0.2) is 30.6 Å². The summed E-state index contributed by atoms with van der Waals surface area (Å²) in [7, 11) is 1.89. The number of ether oxygens (including phenoxy) is 2. The second-order valence-electron chi connectivity index (χ2n) is 7.43. The lowest BCUT2D eigenvalue weighted by molar-refractivity contribution is -0.124. The van der Waals surface area contributed by atoms with E-state index in [2.05, 4.69) is 34.8 Å². The number of piperidine rings is 1. The third-order valence-electron chi connectivity index (χ3n) is 5.29. The summed E-state index contributed by atoms with van der Waals surface area (Å²) in [6, 6.07) is 6.64. The molecule has 2 aliphatic heterocycles. The highest BCUT2D eigenvalue weighted by atomic mass is 16.7. The molecule has 2 aliphatic rings. The lowest BCUT2D eigenvalue weighted by Crippen LogP contribution is -2.50. The number of fused-ring (bicyclic) bond motifs is 1. The van der Waals surface area contributed by atoms with Gasteiger partial charge in [0.1, 0.15) is 0 Å². The topological polar surface area (TPSA) is 77.4 Å². The number of nitrogens with one attached hydrogen (secondary N) is 2. The zero-order chi connectivity index (χ0) is 18.8. The van der Waals surface area contributed by atoms with Crippen molar-refractivity contribution < 1.29 is 14.3 Å². The first kappa shape index (κ1) is 17.9. The first-order chi connectivity index (χ1) is 13.1. The zero-order valence-corrected chi connectivity index (χ0v) is 15.8. The van der Waals surface area contributed by atoms with Crippen molar-refractivity contribution >= 4 is 5.91 Å². The van der Waals surface area contributed by atoms with E-state index in [-0.39, 0.29) is 18.0 Å². The van der Waals surface area contributed by atoms with Crippen LogP contribution in [0.1, 0.15) is 43.4 Å². The lowest BCUT2D eigenvalue weighted by Gasteiger charge is -2.34. The van der Waals surface area contributed by atoms with Gasteiger partial charge in [-0.3, -0.25) is 9.48 Å². The van der Waals surface area contributed by atoms with Crippen LogP contribution in [0.4, 0.5) is 0 Å². The summed E-state index contributed by atoms with van der Waals surface area (Å²) in [6.07, 6.45) is 7.17. The monoisotopic (exact) mass is 370 g/mol. The average molecular weight is 370 g/mol. The maximum absolute atomic E-state index is 11.9. The van der Waals surface area contributed by atoms with Crippen molar-refractivity contribution in [3.05, 3.63) is 41.7 Å². The Morgan fingerprint density at radius 1 is 1.37 bits per heavy atom. The molecule has 1 aromatic heterocycles. The minimum absolute atomic E-state index is 0.0343. The molecule has 7 nitrogen and oxygen atoms in total. The van der Waals surface area contributed by atoms with Crippen LogP contribution in [-0.2, 0) is 18.3 Å². The summed E-state index contributed by atoms with van der Waals surface area (Å²) < 4.78 is 12.6. The minimum Gasteiger partial charge on any atom is -0.454 e. The van der Waals surface area contributed by atoms with Crippen LogP contribution < -0.4 is 20.1 Å². The highest BCUT2D eigenvalue weighted by Crippen LogP contribution is 2.33. The maximum Gasteiger partial charge on any atom is 0.231 e. The van der Waals surface area contributed by atoms with Gasteiger partial charge < -0.3 is 20.1 Å². The zero-order valence-electron chi connectivity index (χ0n) is 15.8. The van der Waals surface area contributed by atoms with E-state index < -0.39 is 0 Å². The third kappa shape index (κ3) is 4.08. The first-order valence-corrected chi connectivity index (χ1v) is 9.51. The van der Waals surface area contributed by atoms with E-state index >= 15 is 0 Å². The van der Waals surface area contributed by atoms with Gasteiger partial charge in [-0.1, -0.05) is 6.07 Å². The predicted molar refractivity (Wildman–Crippen MR) is 101 cm³/mol. The fourth-order valence-corrected chi connectivity index (χ4v) is 3.82. The molecule has 0 bridgehead atoms. The van der Waals surface area contributed by atoms with Crippen LogP contribution in [0.25, 0.3) is 0 Å². The van der Waals surface area contributed by atoms with Gasteiger partial charge in [-0.15, -0.1) is 0 Å². The number of hydrogen-bond donors (Lipinski definition) is 2. The number of carbonyl (C=O) groups excluding carboxylic acids is 1. The summed E-state index contributed by atoms with van der Waals surface area (Å²) in [5.74, 6) is 1.76. The SMILES string of the molecule is C[C@@H](CCc1ccc2c(c1)OCO2)N[C@@H]1CCC(=O)N[C@H]1c1cnn(C)c1. The van der Waals surface area contributed by atoms with Gasteiger partial charge in [0.05, 0.1) is 12.2 Å². The van der Waals surface area contributed by atoms with Crippen LogP contribution in [-0.4, -0.2) is 34.6 Å². The van der Waals surface area contributed by atoms with Crippen molar-refractivity contribution in [2.24, 2.45) is 7.05 Å². The molecule has 2 aromatic rings. The summed E-state index contributed by atoms with van der Waals surface area (Å²) in [4.78, 5) is 11.9. The Morgan fingerprint density at radius 3 is 3.04 bits per heavy atom.